The Bertz CT molecular complexity index is 790. The maximum atomic E-state index is 12.5. The summed E-state index contributed by atoms with van der Waals surface area (Å²) in [4.78, 5) is 28.4. The quantitative estimate of drug-likeness (QED) is 0.912. The molecule has 1 fully saturated rings. The van der Waals surface area contributed by atoms with Crippen LogP contribution >= 0.6 is 11.6 Å². The first-order valence-corrected chi connectivity index (χ1v) is 8.46. The molecule has 25 heavy (non-hydrogen) atoms. The molecule has 1 unspecified atom stereocenters. The van der Waals surface area contributed by atoms with E-state index in [0.717, 1.165) is 11.4 Å². The highest BCUT2D eigenvalue weighted by molar-refractivity contribution is 6.30. The van der Waals surface area contributed by atoms with Crippen LogP contribution in [0.3, 0.4) is 0 Å². The molecule has 1 atom stereocenters. The largest absolute Gasteiger partial charge is 0.378 e. The van der Waals surface area contributed by atoms with Gasteiger partial charge in [-0.15, -0.1) is 0 Å². The summed E-state index contributed by atoms with van der Waals surface area (Å²) in [7, 11) is 3.93. The van der Waals surface area contributed by atoms with Crippen LogP contribution in [-0.2, 0) is 9.59 Å². The first-order valence-electron chi connectivity index (χ1n) is 8.08. The third kappa shape index (κ3) is 3.94. The molecule has 0 saturated carbocycles. The van der Waals surface area contributed by atoms with Crippen molar-refractivity contribution < 1.29 is 9.59 Å². The van der Waals surface area contributed by atoms with Crippen molar-refractivity contribution in [3.8, 4) is 0 Å². The van der Waals surface area contributed by atoms with E-state index in [1.54, 1.807) is 29.2 Å². The molecular weight excluding hydrogens is 338 g/mol. The van der Waals surface area contributed by atoms with Crippen LogP contribution in [0.2, 0.25) is 5.02 Å². The lowest BCUT2D eigenvalue weighted by Gasteiger charge is -2.19. The van der Waals surface area contributed by atoms with Crippen molar-refractivity contribution in [3.63, 3.8) is 0 Å². The molecular formula is C19H20ClN3O2. The molecule has 0 radical (unpaired) electrons. The molecule has 2 aromatic rings. The van der Waals surface area contributed by atoms with Crippen LogP contribution in [0.5, 0.6) is 0 Å². The van der Waals surface area contributed by atoms with Crippen LogP contribution in [0.4, 0.5) is 17.1 Å². The highest BCUT2D eigenvalue weighted by Gasteiger charge is 2.35. The number of carbonyl (C=O) groups is 2. The maximum absolute atomic E-state index is 12.5. The molecule has 5 nitrogen and oxygen atoms in total. The predicted octanol–water partition coefficient (Wildman–Crippen LogP) is 3.40. The molecule has 1 N–H and O–H groups in total. The lowest BCUT2D eigenvalue weighted by molar-refractivity contribution is -0.122. The Morgan fingerprint density at radius 1 is 1.20 bits per heavy atom. The third-order valence-electron chi connectivity index (χ3n) is 4.27. The number of hydrogen-bond donors (Lipinski definition) is 1. The van der Waals surface area contributed by atoms with E-state index in [2.05, 4.69) is 5.32 Å². The average molecular weight is 358 g/mol. The molecule has 2 aromatic carbocycles. The van der Waals surface area contributed by atoms with E-state index in [1.165, 1.54) is 0 Å². The highest BCUT2D eigenvalue weighted by atomic mass is 35.5. The van der Waals surface area contributed by atoms with Gasteiger partial charge in [0, 0.05) is 49.1 Å². The number of halogens is 1. The molecule has 1 heterocycles. The lowest BCUT2D eigenvalue weighted by atomic mass is 10.1. The Kier molecular flexibility index (Phi) is 4.95. The van der Waals surface area contributed by atoms with Crippen molar-refractivity contribution in [1.82, 2.24) is 0 Å². The van der Waals surface area contributed by atoms with Crippen LogP contribution < -0.4 is 15.1 Å². The predicted molar refractivity (Wildman–Crippen MR) is 101 cm³/mol. The van der Waals surface area contributed by atoms with Gasteiger partial charge in [0.25, 0.3) is 0 Å². The van der Waals surface area contributed by atoms with E-state index in [4.69, 9.17) is 11.6 Å². The number of rotatable bonds is 4. The summed E-state index contributed by atoms with van der Waals surface area (Å²) in [6, 6.07) is 14.7. The highest BCUT2D eigenvalue weighted by Crippen LogP contribution is 2.28. The summed E-state index contributed by atoms with van der Waals surface area (Å²) in [5.41, 5.74) is 2.51. The molecule has 0 bridgehead atoms. The Morgan fingerprint density at radius 2 is 1.92 bits per heavy atom. The molecule has 0 aliphatic carbocycles. The van der Waals surface area contributed by atoms with Crippen LogP contribution in [0, 0.1) is 5.92 Å². The fourth-order valence-electron chi connectivity index (χ4n) is 2.87. The van der Waals surface area contributed by atoms with Gasteiger partial charge in [0.05, 0.1) is 5.92 Å². The van der Waals surface area contributed by atoms with Gasteiger partial charge < -0.3 is 15.1 Å². The molecule has 0 aromatic heterocycles. The van der Waals surface area contributed by atoms with E-state index < -0.39 is 0 Å². The minimum atomic E-state index is -0.375. The monoisotopic (exact) mass is 357 g/mol. The topological polar surface area (TPSA) is 52.6 Å². The van der Waals surface area contributed by atoms with Gasteiger partial charge in [-0.1, -0.05) is 17.7 Å². The third-order valence-corrected chi connectivity index (χ3v) is 4.50. The summed E-state index contributed by atoms with van der Waals surface area (Å²) in [5.74, 6) is -0.577. The molecule has 3 rings (SSSR count). The van der Waals surface area contributed by atoms with Gasteiger partial charge in [0.15, 0.2) is 0 Å². The number of nitrogens with one attached hydrogen (secondary N) is 1. The van der Waals surface area contributed by atoms with Gasteiger partial charge in [-0.3, -0.25) is 9.59 Å². The van der Waals surface area contributed by atoms with E-state index in [0.29, 0.717) is 17.3 Å². The van der Waals surface area contributed by atoms with Gasteiger partial charge >= 0.3 is 0 Å². The molecule has 6 heteroatoms. The zero-order valence-electron chi connectivity index (χ0n) is 14.2. The Morgan fingerprint density at radius 3 is 2.56 bits per heavy atom. The van der Waals surface area contributed by atoms with Gasteiger partial charge in [-0.05, 0) is 42.5 Å². The van der Waals surface area contributed by atoms with E-state index in [9.17, 15) is 9.59 Å². The van der Waals surface area contributed by atoms with Gasteiger partial charge in [0.2, 0.25) is 11.8 Å². The van der Waals surface area contributed by atoms with Crippen LogP contribution in [-0.4, -0.2) is 32.5 Å². The van der Waals surface area contributed by atoms with Crippen molar-refractivity contribution in [2.75, 3.05) is 35.8 Å². The van der Waals surface area contributed by atoms with Gasteiger partial charge in [0.1, 0.15) is 0 Å². The smallest absolute Gasteiger partial charge is 0.229 e. The summed E-state index contributed by atoms with van der Waals surface area (Å²) >= 11 is 5.93. The Labute approximate surface area is 152 Å². The zero-order chi connectivity index (χ0) is 18.0. The number of anilines is 3. The minimum Gasteiger partial charge on any atom is -0.378 e. The van der Waals surface area contributed by atoms with Crippen molar-refractivity contribution in [3.05, 3.63) is 53.6 Å². The number of nitrogens with zero attached hydrogens (tertiary/aromatic N) is 2. The number of benzene rings is 2. The molecule has 1 aliphatic rings. The SMILES string of the molecule is CN(C)c1ccc(N2CC(C(=O)Nc3cccc(Cl)c3)CC2=O)cc1. The Balaban J connectivity index is 1.68. The first kappa shape index (κ1) is 17.3. The normalized spacial score (nSPS) is 16.8. The van der Waals surface area contributed by atoms with E-state index >= 15 is 0 Å². The second-order valence-electron chi connectivity index (χ2n) is 6.32. The second-order valence-corrected chi connectivity index (χ2v) is 6.75. The standard InChI is InChI=1S/C19H20ClN3O2/c1-22(2)16-6-8-17(9-7-16)23-12-13(10-18(23)24)19(25)21-15-5-3-4-14(20)11-15/h3-9,11,13H,10,12H2,1-2H3,(H,21,25). The lowest BCUT2D eigenvalue weighted by Crippen LogP contribution is -2.28. The summed E-state index contributed by atoms with van der Waals surface area (Å²) < 4.78 is 0. The van der Waals surface area contributed by atoms with Crippen LogP contribution in [0.1, 0.15) is 6.42 Å². The first-order chi connectivity index (χ1) is 11.9. The summed E-state index contributed by atoms with van der Waals surface area (Å²) in [6.45, 7) is 0.381. The zero-order valence-corrected chi connectivity index (χ0v) is 15.0. The number of carbonyl (C=O) groups excluding carboxylic acids is 2. The number of hydrogen-bond acceptors (Lipinski definition) is 3. The number of amides is 2. The Hall–Kier alpha value is -2.53. The van der Waals surface area contributed by atoms with Crippen LogP contribution in [0.15, 0.2) is 48.5 Å². The molecule has 1 aliphatic heterocycles. The molecule has 2 amide bonds. The van der Waals surface area contributed by atoms with E-state index in [-0.39, 0.29) is 24.2 Å². The fourth-order valence-corrected chi connectivity index (χ4v) is 3.06. The van der Waals surface area contributed by atoms with Crippen molar-refractivity contribution in [1.29, 1.82) is 0 Å². The van der Waals surface area contributed by atoms with Gasteiger partial charge in [-0.25, -0.2) is 0 Å². The van der Waals surface area contributed by atoms with Crippen molar-refractivity contribution >= 4 is 40.5 Å². The molecule has 0 spiro atoms. The second kappa shape index (κ2) is 7.15. The molecule has 1 saturated heterocycles. The van der Waals surface area contributed by atoms with Gasteiger partial charge in [-0.2, -0.15) is 0 Å². The van der Waals surface area contributed by atoms with Crippen molar-refractivity contribution in [2.24, 2.45) is 5.92 Å². The maximum Gasteiger partial charge on any atom is 0.229 e. The minimum absolute atomic E-state index is 0.0381. The van der Waals surface area contributed by atoms with Crippen molar-refractivity contribution in [2.45, 2.75) is 6.42 Å². The molecule has 130 valence electrons. The van der Waals surface area contributed by atoms with Crippen LogP contribution in [0.25, 0.3) is 0 Å². The average Bonchev–Trinajstić information content (AvgIpc) is 2.97. The summed E-state index contributed by atoms with van der Waals surface area (Å²) in [6.07, 6.45) is 0.210. The summed E-state index contributed by atoms with van der Waals surface area (Å²) in [5, 5.41) is 3.39. The van der Waals surface area contributed by atoms with E-state index in [1.807, 2.05) is 43.3 Å². The fraction of sp³-hybridized carbons (Fsp3) is 0.263.